The van der Waals surface area contributed by atoms with E-state index in [1.54, 1.807) is 10.9 Å². The number of nitrogens with zero attached hydrogens (tertiary/aromatic N) is 2. The maximum atomic E-state index is 9.72. The van der Waals surface area contributed by atoms with Crippen LogP contribution in [0.2, 0.25) is 0 Å². The van der Waals surface area contributed by atoms with E-state index in [4.69, 9.17) is 10.8 Å². The fourth-order valence-electron chi connectivity index (χ4n) is 1.98. The molecule has 0 aliphatic carbocycles. The number of aliphatic hydroxyl groups excluding tert-OH is 3. The van der Waals surface area contributed by atoms with E-state index in [1.165, 1.54) is 0 Å². The number of aromatic nitrogens is 2. The number of aliphatic hydroxyl groups is 3. The summed E-state index contributed by atoms with van der Waals surface area (Å²) in [7, 11) is 0. The summed E-state index contributed by atoms with van der Waals surface area (Å²) in [5.74, 6) is 0.693. The highest BCUT2D eigenvalue weighted by Gasteiger charge is 2.10. The summed E-state index contributed by atoms with van der Waals surface area (Å²) < 4.78 is 1.72. The van der Waals surface area contributed by atoms with Crippen LogP contribution >= 0.6 is 0 Å². The Balaban J connectivity index is 2.47. The van der Waals surface area contributed by atoms with Crippen molar-refractivity contribution in [2.24, 2.45) is 0 Å². The van der Waals surface area contributed by atoms with Gasteiger partial charge < -0.3 is 26.4 Å². The molecule has 1 heterocycles. The fourth-order valence-corrected chi connectivity index (χ4v) is 1.98. The third-order valence-corrected chi connectivity index (χ3v) is 3.11. The summed E-state index contributed by atoms with van der Waals surface area (Å²) in [6.07, 6.45) is 3.34. The molecule has 1 aromatic rings. The van der Waals surface area contributed by atoms with Crippen LogP contribution in [-0.4, -0.2) is 50.5 Å². The Kier molecular flexibility index (Phi) is 7.35. The van der Waals surface area contributed by atoms with Crippen molar-refractivity contribution in [2.75, 3.05) is 24.2 Å². The molecule has 0 fully saturated rings. The summed E-state index contributed by atoms with van der Waals surface area (Å²) in [6, 6.07) is 0. The molecule has 0 spiro atoms. The number of nitrogens with one attached hydrogen (secondary N) is 1. The van der Waals surface area contributed by atoms with Crippen molar-refractivity contribution in [2.45, 2.75) is 51.4 Å². The summed E-state index contributed by atoms with van der Waals surface area (Å²) in [6.45, 7) is 2.83. The van der Waals surface area contributed by atoms with Crippen LogP contribution in [0.15, 0.2) is 6.20 Å². The average molecular weight is 286 g/mol. The number of anilines is 2. The third-order valence-electron chi connectivity index (χ3n) is 3.11. The van der Waals surface area contributed by atoms with Crippen molar-refractivity contribution in [3.05, 3.63) is 6.20 Å². The normalized spacial score (nSPS) is 14.2. The lowest BCUT2D eigenvalue weighted by atomic mass is 10.2. The van der Waals surface area contributed by atoms with E-state index in [-0.39, 0.29) is 6.61 Å². The molecular formula is C13H26N4O3. The van der Waals surface area contributed by atoms with Crippen LogP contribution in [0.5, 0.6) is 0 Å². The van der Waals surface area contributed by atoms with Crippen molar-refractivity contribution >= 4 is 11.5 Å². The molecule has 2 atom stereocenters. The van der Waals surface area contributed by atoms with E-state index < -0.39 is 12.2 Å². The zero-order valence-corrected chi connectivity index (χ0v) is 12.0. The van der Waals surface area contributed by atoms with E-state index in [2.05, 4.69) is 10.4 Å². The minimum absolute atomic E-state index is 0.227. The Morgan fingerprint density at radius 2 is 2.10 bits per heavy atom. The second kappa shape index (κ2) is 8.78. The van der Waals surface area contributed by atoms with Gasteiger partial charge in [0, 0.05) is 13.1 Å². The minimum Gasteiger partial charge on any atom is -0.394 e. The van der Waals surface area contributed by atoms with Crippen LogP contribution < -0.4 is 11.1 Å². The van der Waals surface area contributed by atoms with E-state index in [0.29, 0.717) is 37.4 Å². The molecule has 0 saturated heterocycles. The molecule has 7 nitrogen and oxygen atoms in total. The topological polar surface area (TPSA) is 117 Å². The molecule has 0 radical (unpaired) electrons. The molecule has 0 aliphatic rings. The molecule has 1 aromatic heterocycles. The maximum Gasteiger partial charge on any atom is 0.147 e. The van der Waals surface area contributed by atoms with Crippen molar-refractivity contribution < 1.29 is 15.3 Å². The zero-order chi connectivity index (χ0) is 15.0. The average Bonchev–Trinajstić information content (AvgIpc) is 2.77. The quantitative estimate of drug-likeness (QED) is 0.419. The Morgan fingerprint density at radius 3 is 2.75 bits per heavy atom. The SMILES string of the molecule is CCCC(O)CNc1c(N)cnn1CCCC(O)CO. The smallest absolute Gasteiger partial charge is 0.147 e. The monoisotopic (exact) mass is 286 g/mol. The largest absolute Gasteiger partial charge is 0.394 e. The lowest BCUT2D eigenvalue weighted by molar-refractivity contribution is 0.0854. The van der Waals surface area contributed by atoms with Gasteiger partial charge in [0.05, 0.1) is 30.7 Å². The van der Waals surface area contributed by atoms with Gasteiger partial charge in [0.15, 0.2) is 0 Å². The predicted octanol–water partition coefficient (Wildman–Crippen LogP) is 0.172. The predicted molar refractivity (Wildman–Crippen MR) is 78.4 cm³/mol. The maximum absolute atomic E-state index is 9.72. The van der Waals surface area contributed by atoms with Gasteiger partial charge in [-0.25, -0.2) is 4.68 Å². The summed E-state index contributed by atoms with van der Waals surface area (Å²) in [5.41, 5.74) is 6.38. The first-order valence-electron chi connectivity index (χ1n) is 7.10. The van der Waals surface area contributed by atoms with Gasteiger partial charge in [0.2, 0.25) is 0 Å². The number of hydrogen-bond acceptors (Lipinski definition) is 6. The van der Waals surface area contributed by atoms with Gasteiger partial charge in [-0.3, -0.25) is 0 Å². The lowest BCUT2D eigenvalue weighted by Crippen LogP contribution is -2.21. The number of aryl methyl sites for hydroxylation is 1. The van der Waals surface area contributed by atoms with Gasteiger partial charge in [-0.1, -0.05) is 13.3 Å². The summed E-state index contributed by atoms with van der Waals surface area (Å²) in [5, 5.41) is 35.0. The van der Waals surface area contributed by atoms with Crippen molar-refractivity contribution in [1.29, 1.82) is 0 Å². The van der Waals surface area contributed by atoms with Gasteiger partial charge in [-0.05, 0) is 19.3 Å². The molecule has 0 bridgehead atoms. The van der Waals surface area contributed by atoms with E-state index in [1.807, 2.05) is 6.92 Å². The molecule has 0 amide bonds. The molecule has 20 heavy (non-hydrogen) atoms. The Bertz CT molecular complexity index is 384. The van der Waals surface area contributed by atoms with E-state index in [0.717, 1.165) is 12.8 Å². The standard InChI is InChI=1S/C13H26N4O3/c1-2-4-10(19)7-15-13-12(14)8-16-17(13)6-3-5-11(20)9-18/h8,10-11,15,18-20H,2-7,9,14H2,1H3. The number of nitrogens with two attached hydrogens (primary N) is 1. The first-order chi connectivity index (χ1) is 9.58. The molecular weight excluding hydrogens is 260 g/mol. The minimum atomic E-state index is -0.689. The van der Waals surface area contributed by atoms with Crippen LogP contribution in [0.25, 0.3) is 0 Å². The van der Waals surface area contributed by atoms with Crippen LogP contribution in [-0.2, 0) is 6.54 Å². The number of nitrogen functional groups attached to an aromatic ring is 1. The van der Waals surface area contributed by atoms with Gasteiger partial charge in [-0.15, -0.1) is 0 Å². The third kappa shape index (κ3) is 5.36. The molecule has 0 aliphatic heterocycles. The van der Waals surface area contributed by atoms with Gasteiger partial charge in [0.25, 0.3) is 0 Å². The Labute approximate surface area is 119 Å². The highest BCUT2D eigenvalue weighted by atomic mass is 16.3. The first kappa shape index (κ1) is 16.7. The highest BCUT2D eigenvalue weighted by molar-refractivity contribution is 5.60. The van der Waals surface area contributed by atoms with Crippen molar-refractivity contribution in [3.63, 3.8) is 0 Å². The molecule has 7 heteroatoms. The van der Waals surface area contributed by atoms with E-state index in [9.17, 15) is 10.2 Å². The molecule has 116 valence electrons. The molecule has 0 saturated carbocycles. The van der Waals surface area contributed by atoms with E-state index >= 15 is 0 Å². The van der Waals surface area contributed by atoms with Gasteiger partial charge in [0.1, 0.15) is 5.82 Å². The molecule has 6 N–H and O–H groups in total. The fraction of sp³-hybridized carbons (Fsp3) is 0.769. The van der Waals surface area contributed by atoms with Crippen molar-refractivity contribution in [1.82, 2.24) is 9.78 Å². The second-order valence-corrected chi connectivity index (χ2v) is 4.97. The van der Waals surface area contributed by atoms with Crippen LogP contribution in [0.1, 0.15) is 32.6 Å². The molecule has 0 aromatic carbocycles. The Hall–Kier alpha value is -1.31. The number of rotatable bonds is 10. The van der Waals surface area contributed by atoms with Crippen LogP contribution in [0, 0.1) is 0 Å². The first-order valence-corrected chi connectivity index (χ1v) is 7.10. The summed E-state index contributed by atoms with van der Waals surface area (Å²) >= 11 is 0. The molecule has 1 rings (SSSR count). The molecule has 2 unspecified atom stereocenters. The lowest BCUT2D eigenvalue weighted by Gasteiger charge is -2.14. The zero-order valence-electron chi connectivity index (χ0n) is 12.0. The van der Waals surface area contributed by atoms with Crippen LogP contribution in [0.3, 0.4) is 0 Å². The second-order valence-electron chi connectivity index (χ2n) is 4.97. The van der Waals surface area contributed by atoms with Gasteiger partial charge >= 0.3 is 0 Å². The van der Waals surface area contributed by atoms with Gasteiger partial charge in [-0.2, -0.15) is 5.10 Å². The number of hydrogen-bond donors (Lipinski definition) is 5. The summed E-state index contributed by atoms with van der Waals surface area (Å²) in [4.78, 5) is 0. The van der Waals surface area contributed by atoms with Crippen molar-refractivity contribution in [3.8, 4) is 0 Å². The van der Waals surface area contributed by atoms with Crippen LogP contribution in [0.4, 0.5) is 11.5 Å². The highest BCUT2D eigenvalue weighted by Crippen LogP contribution is 2.18. The Morgan fingerprint density at radius 1 is 1.35 bits per heavy atom.